The Hall–Kier alpha value is -1.57. The van der Waals surface area contributed by atoms with Crippen molar-refractivity contribution >= 4 is 5.91 Å². The summed E-state index contributed by atoms with van der Waals surface area (Å²) in [6, 6.07) is 10.6. The van der Waals surface area contributed by atoms with Crippen LogP contribution < -0.4 is 5.73 Å². The zero-order chi connectivity index (χ0) is 15.0. The first kappa shape index (κ1) is 16.5. The third-order valence-corrected chi connectivity index (χ3v) is 3.92. The molecule has 0 aromatic heterocycles. The smallest absolute Gasteiger partial charge is 0.244 e. The van der Waals surface area contributed by atoms with Gasteiger partial charge in [-0.2, -0.15) is 0 Å². The zero-order valence-electron chi connectivity index (χ0n) is 12.8. The Morgan fingerprint density at radius 1 is 1.15 bits per heavy atom. The summed E-state index contributed by atoms with van der Waals surface area (Å²) in [6.07, 6.45) is 5.27. The van der Waals surface area contributed by atoms with E-state index in [4.69, 9.17) is 5.73 Å². The molecule has 1 amide bonds. The fourth-order valence-electron chi connectivity index (χ4n) is 2.82. The highest BCUT2D eigenvalue weighted by Crippen LogP contribution is 2.33. The minimum absolute atomic E-state index is 0.203. The lowest BCUT2D eigenvalue weighted by Gasteiger charge is -2.24. The van der Waals surface area contributed by atoms with E-state index in [1.165, 1.54) is 5.56 Å². The van der Waals surface area contributed by atoms with Gasteiger partial charge in [0, 0.05) is 5.57 Å². The first-order chi connectivity index (χ1) is 9.60. The lowest BCUT2D eigenvalue weighted by atomic mass is 9.81. The third kappa shape index (κ3) is 4.84. The van der Waals surface area contributed by atoms with Gasteiger partial charge in [-0.3, -0.25) is 4.79 Å². The Morgan fingerprint density at radius 3 is 2.25 bits per heavy atom. The highest BCUT2D eigenvalue weighted by Gasteiger charge is 2.21. The lowest BCUT2D eigenvalue weighted by molar-refractivity contribution is -0.115. The van der Waals surface area contributed by atoms with E-state index in [1.54, 1.807) is 0 Å². The van der Waals surface area contributed by atoms with E-state index in [0.717, 1.165) is 32.1 Å². The monoisotopic (exact) mass is 273 g/mol. The summed E-state index contributed by atoms with van der Waals surface area (Å²) in [4.78, 5) is 11.4. The van der Waals surface area contributed by atoms with Crippen molar-refractivity contribution in [3.8, 4) is 0 Å². The van der Waals surface area contributed by atoms with Crippen molar-refractivity contribution in [1.82, 2.24) is 0 Å². The molecule has 0 fully saturated rings. The topological polar surface area (TPSA) is 43.1 Å². The molecule has 2 unspecified atom stereocenters. The van der Waals surface area contributed by atoms with Crippen molar-refractivity contribution in [3.63, 3.8) is 0 Å². The molecule has 2 nitrogen and oxygen atoms in total. The van der Waals surface area contributed by atoms with Gasteiger partial charge in [-0.05, 0) is 36.7 Å². The van der Waals surface area contributed by atoms with E-state index in [-0.39, 0.29) is 11.8 Å². The molecule has 0 radical (unpaired) electrons. The Morgan fingerprint density at radius 2 is 1.75 bits per heavy atom. The van der Waals surface area contributed by atoms with E-state index in [0.29, 0.717) is 11.5 Å². The van der Waals surface area contributed by atoms with Crippen LogP contribution >= 0.6 is 0 Å². The number of amides is 1. The second-order valence-corrected chi connectivity index (χ2v) is 5.51. The van der Waals surface area contributed by atoms with Crippen LogP contribution in [0.3, 0.4) is 0 Å². The van der Waals surface area contributed by atoms with Crippen molar-refractivity contribution in [2.75, 3.05) is 0 Å². The van der Waals surface area contributed by atoms with Crippen LogP contribution in [-0.4, -0.2) is 5.91 Å². The predicted molar refractivity (Wildman–Crippen MR) is 85.4 cm³/mol. The summed E-state index contributed by atoms with van der Waals surface area (Å²) in [6.45, 7) is 8.25. The Labute approximate surface area is 123 Å². The quantitative estimate of drug-likeness (QED) is 0.665. The molecule has 0 aliphatic rings. The molecule has 0 aliphatic carbocycles. The van der Waals surface area contributed by atoms with E-state index in [2.05, 4.69) is 44.7 Å². The molecule has 1 rings (SSSR count). The van der Waals surface area contributed by atoms with Gasteiger partial charge in [0.25, 0.3) is 0 Å². The van der Waals surface area contributed by atoms with E-state index < -0.39 is 0 Å². The number of benzene rings is 1. The molecule has 0 bridgehead atoms. The van der Waals surface area contributed by atoms with Gasteiger partial charge in [0.05, 0.1) is 0 Å². The number of rotatable bonds is 9. The van der Waals surface area contributed by atoms with Crippen LogP contribution in [0.2, 0.25) is 0 Å². The van der Waals surface area contributed by atoms with Crippen LogP contribution in [0.15, 0.2) is 42.5 Å². The van der Waals surface area contributed by atoms with Crippen LogP contribution in [0.5, 0.6) is 0 Å². The van der Waals surface area contributed by atoms with Crippen molar-refractivity contribution in [2.45, 2.75) is 51.9 Å². The Bertz CT molecular complexity index is 424. The summed E-state index contributed by atoms with van der Waals surface area (Å²) in [5.41, 5.74) is 7.36. The molecule has 2 heteroatoms. The van der Waals surface area contributed by atoms with Gasteiger partial charge in [0.15, 0.2) is 0 Å². The molecule has 20 heavy (non-hydrogen) atoms. The van der Waals surface area contributed by atoms with Crippen LogP contribution in [0.4, 0.5) is 0 Å². The van der Waals surface area contributed by atoms with Crippen LogP contribution in [0.1, 0.15) is 57.4 Å². The minimum atomic E-state index is -0.355. The van der Waals surface area contributed by atoms with Crippen molar-refractivity contribution in [2.24, 2.45) is 11.7 Å². The summed E-state index contributed by atoms with van der Waals surface area (Å²) >= 11 is 0. The first-order valence-electron chi connectivity index (χ1n) is 7.63. The fourth-order valence-corrected chi connectivity index (χ4v) is 2.82. The average molecular weight is 273 g/mol. The van der Waals surface area contributed by atoms with Gasteiger partial charge in [0.1, 0.15) is 0 Å². The number of hydrogen-bond acceptors (Lipinski definition) is 1. The standard InChI is InChI=1S/C18H27NO/c1-4-9-16(14(3)18(19)20)13-17(10-5-2)15-11-7-6-8-12-15/h6-8,11-12,16-17H,3-5,9-10,13H2,1-2H3,(H2,19,20). The molecule has 1 aromatic carbocycles. The Kier molecular flexibility index (Phi) is 7.06. The third-order valence-electron chi connectivity index (χ3n) is 3.92. The predicted octanol–water partition coefficient (Wildman–Crippen LogP) is 4.42. The largest absolute Gasteiger partial charge is 0.366 e. The van der Waals surface area contributed by atoms with Crippen LogP contribution in [0, 0.1) is 5.92 Å². The van der Waals surface area contributed by atoms with Gasteiger partial charge in [0.2, 0.25) is 5.91 Å². The number of carbonyl (C=O) groups is 1. The van der Waals surface area contributed by atoms with E-state index >= 15 is 0 Å². The van der Waals surface area contributed by atoms with Gasteiger partial charge >= 0.3 is 0 Å². The second kappa shape index (κ2) is 8.57. The van der Waals surface area contributed by atoms with Crippen molar-refractivity contribution in [1.29, 1.82) is 0 Å². The maximum Gasteiger partial charge on any atom is 0.244 e. The Balaban J connectivity index is 2.86. The molecule has 0 saturated carbocycles. The molecule has 110 valence electrons. The number of hydrogen-bond donors (Lipinski definition) is 1. The normalized spacial score (nSPS) is 13.7. The van der Waals surface area contributed by atoms with Crippen LogP contribution in [0.25, 0.3) is 0 Å². The molecule has 2 atom stereocenters. The summed E-state index contributed by atoms with van der Waals surface area (Å²) in [5.74, 6) is 0.329. The average Bonchev–Trinajstić information content (AvgIpc) is 2.46. The van der Waals surface area contributed by atoms with Gasteiger partial charge in [-0.25, -0.2) is 0 Å². The maximum absolute atomic E-state index is 11.4. The van der Waals surface area contributed by atoms with Crippen molar-refractivity contribution in [3.05, 3.63) is 48.0 Å². The molecule has 2 N–H and O–H groups in total. The van der Waals surface area contributed by atoms with Gasteiger partial charge in [-0.1, -0.05) is 63.6 Å². The minimum Gasteiger partial charge on any atom is -0.366 e. The molecule has 0 spiro atoms. The first-order valence-corrected chi connectivity index (χ1v) is 7.63. The molecular weight excluding hydrogens is 246 g/mol. The highest BCUT2D eigenvalue weighted by molar-refractivity contribution is 5.91. The fraction of sp³-hybridized carbons (Fsp3) is 0.500. The summed E-state index contributed by atoms with van der Waals surface area (Å²) in [7, 11) is 0. The molecule has 0 saturated heterocycles. The molecule has 0 heterocycles. The maximum atomic E-state index is 11.4. The van der Waals surface area contributed by atoms with E-state index in [1.807, 2.05) is 6.07 Å². The van der Waals surface area contributed by atoms with Gasteiger partial charge in [-0.15, -0.1) is 0 Å². The molecule has 0 aliphatic heterocycles. The van der Waals surface area contributed by atoms with Gasteiger partial charge < -0.3 is 5.73 Å². The van der Waals surface area contributed by atoms with E-state index in [9.17, 15) is 4.79 Å². The summed E-state index contributed by atoms with van der Waals surface area (Å²) in [5, 5.41) is 0. The number of nitrogens with two attached hydrogens (primary N) is 1. The summed E-state index contributed by atoms with van der Waals surface area (Å²) < 4.78 is 0. The second-order valence-electron chi connectivity index (χ2n) is 5.51. The molecule has 1 aromatic rings. The molecular formula is C18H27NO. The zero-order valence-corrected chi connectivity index (χ0v) is 12.8. The number of carbonyl (C=O) groups excluding carboxylic acids is 1. The number of primary amides is 1. The van der Waals surface area contributed by atoms with Crippen molar-refractivity contribution < 1.29 is 4.79 Å². The SMILES string of the molecule is C=C(C(N)=O)C(CCC)CC(CCC)c1ccccc1. The van der Waals surface area contributed by atoms with Crippen LogP contribution in [-0.2, 0) is 4.79 Å². The highest BCUT2D eigenvalue weighted by atomic mass is 16.1. The lowest BCUT2D eigenvalue weighted by Crippen LogP contribution is -2.21.